The van der Waals surface area contributed by atoms with Crippen molar-refractivity contribution in [1.29, 1.82) is 0 Å². The average molecular weight is 372 g/mol. The molecule has 0 unspecified atom stereocenters. The van der Waals surface area contributed by atoms with Gasteiger partial charge in [0.05, 0.1) is 18.1 Å². The SMILES string of the molecule is CC[C@@H](Nc1cnc(C(N)=O)c(Nc2cnc(N(C)C)c(C)c2)n1)C(N)=O. The molecule has 2 aromatic rings. The number of hydrogen-bond acceptors (Lipinski definition) is 8. The molecular weight excluding hydrogens is 348 g/mol. The van der Waals surface area contributed by atoms with Crippen molar-refractivity contribution in [2.45, 2.75) is 26.3 Å². The number of anilines is 4. The van der Waals surface area contributed by atoms with Gasteiger partial charge in [-0.1, -0.05) is 6.92 Å². The highest BCUT2D eigenvalue weighted by molar-refractivity contribution is 5.96. The van der Waals surface area contributed by atoms with E-state index >= 15 is 0 Å². The topological polar surface area (TPSA) is 152 Å². The second-order valence-corrected chi connectivity index (χ2v) is 6.21. The van der Waals surface area contributed by atoms with Gasteiger partial charge in [0, 0.05) is 14.1 Å². The number of hydrogen-bond donors (Lipinski definition) is 4. The van der Waals surface area contributed by atoms with Gasteiger partial charge in [-0.15, -0.1) is 0 Å². The zero-order valence-corrected chi connectivity index (χ0v) is 15.8. The van der Waals surface area contributed by atoms with E-state index < -0.39 is 17.9 Å². The molecule has 10 heteroatoms. The average Bonchev–Trinajstić information content (AvgIpc) is 2.59. The first-order chi connectivity index (χ1) is 12.7. The molecule has 0 saturated heterocycles. The van der Waals surface area contributed by atoms with Crippen molar-refractivity contribution in [3.8, 4) is 0 Å². The Morgan fingerprint density at radius 3 is 2.44 bits per heavy atom. The summed E-state index contributed by atoms with van der Waals surface area (Å²) in [6, 6.07) is 1.27. The molecule has 2 rings (SSSR count). The van der Waals surface area contributed by atoms with Crippen molar-refractivity contribution in [2.24, 2.45) is 11.5 Å². The number of primary amides is 2. The summed E-state index contributed by atoms with van der Waals surface area (Å²) in [4.78, 5) is 37.7. The zero-order chi connectivity index (χ0) is 20.1. The third-order valence-corrected chi connectivity index (χ3v) is 3.82. The van der Waals surface area contributed by atoms with Gasteiger partial charge in [0.15, 0.2) is 11.5 Å². The van der Waals surface area contributed by atoms with Crippen LogP contribution < -0.4 is 27.0 Å². The fourth-order valence-electron chi connectivity index (χ4n) is 2.52. The quantitative estimate of drug-likeness (QED) is 0.530. The summed E-state index contributed by atoms with van der Waals surface area (Å²) in [7, 11) is 3.80. The first-order valence-corrected chi connectivity index (χ1v) is 8.36. The van der Waals surface area contributed by atoms with Gasteiger partial charge < -0.3 is 27.0 Å². The van der Waals surface area contributed by atoms with E-state index in [2.05, 4.69) is 25.6 Å². The molecule has 0 radical (unpaired) electrons. The summed E-state index contributed by atoms with van der Waals surface area (Å²) in [6.07, 6.45) is 3.43. The number of amides is 2. The van der Waals surface area contributed by atoms with E-state index in [9.17, 15) is 9.59 Å². The predicted octanol–water partition coefficient (Wildman–Crippen LogP) is 0.764. The Labute approximate surface area is 157 Å². The van der Waals surface area contributed by atoms with Crippen LogP contribution in [0.25, 0.3) is 0 Å². The molecule has 6 N–H and O–H groups in total. The van der Waals surface area contributed by atoms with E-state index in [0.717, 1.165) is 11.4 Å². The normalized spacial score (nSPS) is 11.6. The molecule has 0 aliphatic rings. The van der Waals surface area contributed by atoms with Crippen LogP contribution in [0.3, 0.4) is 0 Å². The molecule has 2 heterocycles. The lowest BCUT2D eigenvalue weighted by Gasteiger charge is -2.17. The van der Waals surface area contributed by atoms with Crippen LogP contribution >= 0.6 is 0 Å². The molecule has 1 atom stereocenters. The Balaban J connectivity index is 2.36. The van der Waals surface area contributed by atoms with Crippen molar-refractivity contribution >= 4 is 35.0 Å². The molecule has 27 heavy (non-hydrogen) atoms. The highest BCUT2D eigenvalue weighted by atomic mass is 16.1. The summed E-state index contributed by atoms with van der Waals surface area (Å²) in [5.41, 5.74) is 12.3. The number of carbonyl (C=O) groups is 2. The number of nitrogens with zero attached hydrogens (tertiary/aromatic N) is 4. The number of nitrogens with one attached hydrogen (secondary N) is 2. The number of aromatic nitrogens is 3. The molecule has 0 saturated carbocycles. The molecule has 0 fully saturated rings. The first-order valence-electron chi connectivity index (χ1n) is 8.36. The Kier molecular flexibility index (Phi) is 6.11. The molecule has 0 aliphatic carbocycles. The van der Waals surface area contributed by atoms with Crippen molar-refractivity contribution in [1.82, 2.24) is 15.0 Å². The van der Waals surface area contributed by atoms with E-state index in [-0.39, 0.29) is 11.5 Å². The highest BCUT2D eigenvalue weighted by Gasteiger charge is 2.17. The van der Waals surface area contributed by atoms with Crippen LogP contribution in [0.4, 0.5) is 23.1 Å². The number of rotatable bonds is 8. The van der Waals surface area contributed by atoms with Crippen LogP contribution in [0.1, 0.15) is 29.4 Å². The zero-order valence-electron chi connectivity index (χ0n) is 15.8. The summed E-state index contributed by atoms with van der Waals surface area (Å²) < 4.78 is 0. The summed E-state index contributed by atoms with van der Waals surface area (Å²) >= 11 is 0. The lowest BCUT2D eigenvalue weighted by atomic mass is 10.2. The molecule has 0 bridgehead atoms. The van der Waals surface area contributed by atoms with Crippen LogP contribution in [-0.2, 0) is 4.79 Å². The molecule has 10 nitrogen and oxygen atoms in total. The Bertz CT molecular complexity index is 853. The van der Waals surface area contributed by atoms with Gasteiger partial charge in [-0.2, -0.15) is 0 Å². The van der Waals surface area contributed by atoms with Gasteiger partial charge in [-0.05, 0) is 25.0 Å². The van der Waals surface area contributed by atoms with Crippen LogP contribution in [0.2, 0.25) is 0 Å². The smallest absolute Gasteiger partial charge is 0.271 e. The Morgan fingerprint density at radius 1 is 1.22 bits per heavy atom. The Morgan fingerprint density at radius 2 is 1.93 bits per heavy atom. The minimum atomic E-state index is -0.729. The van der Waals surface area contributed by atoms with Gasteiger partial charge in [-0.3, -0.25) is 9.59 Å². The standard InChI is InChI=1S/C17H24N8O2/c1-5-11(14(18)26)23-12-8-20-13(15(19)27)16(24-12)22-10-6-9(2)17(21-7-10)25(3)4/h6-8,11H,5H2,1-4H3,(H2,18,26)(H2,19,27)(H2,22,23,24)/t11-/m1/s1. The monoisotopic (exact) mass is 372 g/mol. The summed E-state index contributed by atoms with van der Waals surface area (Å²) in [6.45, 7) is 3.73. The number of carbonyl (C=O) groups excluding carboxylic acids is 2. The predicted molar refractivity (Wildman–Crippen MR) is 104 cm³/mol. The lowest BCUT2D eigenvalue weighted by Crippen LogP contribution is -2.35. The van der Waals surface area contributed by atoms with Gasteiger partial charge in [-0.25, -0.2) is 15.0 Å². The second kappa shape index (κ2) is 8.30. The van der Waals surface area contributed by atoms with Crippen molar-refractivity contribution in [2.75, 3.05) is 29.6 Å². The maximum absolute atomic E-state index is 11.7. The van der Waals surface area contributed by atoms with Gasteiger partial charge in [0.1, 0.15) is 17.7 Å². The minimum Gasteiger partial charge on any atom is -0.368 e. The fourth-order valence-corrected chi connectivity index (χ4v) is 2.52. The van der Waals surface area contributed by atoms with Crippen molar-refractivity contribution in [3.05, 3.63) is 29.7 Å². The largest absolute Gasteiger partial charge is 0.368 e. The van der Waals surface area contributed by atoms with Crippen LogP contribution in [0.15, 0.2) is 18.5 Å². The highest BCUT2D eigenvalue weighted by Crippen LogP contribution is 2.23. The van der Waals surface area contributed by atoms with E-state index in [4.69, 9.17) is 11.5 Å². The Hall–Kier alpha value is -3.43. The third kappa shape index (κ3) is 4.81. The molecule has 0 spiro atoms. The van der Waals surface area contributed by atoms with Gasteiger partial charge in [0.2, 0.25) is 5.91 Å². The van der Waals surface area contributed by atoms with Gasteiger partial charge in [0.25, 0.3) is 5.91 Å². The van der Waals surface area contributed by atoms with Crippen LogP contribution in [0.5, 0.6) is 0 Å². The van der Waals surface area contributed by atoms with E-state index in [1.807, 2.05) is 38.9 Å². The number of nitrogens with two attached hydrogens (primary N) is 2. The fraction of sp³-hybridized carbons (Fsp3) is 0.353. The molecule has 144 valence electrons. The van der Waals surface area contributed by atoms with Crippen molar-refractivity contribution in [3.63, 3.8) is 0 Å². The van der Waals surface area contributed by atoms with E-state index in [0.29, 0.717) is 17.9 Å². The third-order valence-electron chi connectivity index (χ3n) is 3.82. The number of aryl methyl sites for hydroxylation is 1. The van der Waals surface area contributed by atoms with Crippen LogP contribution in [0, 0.1) is 6.92 Å². The number of pyridine rings is 1. The van der Waals surface area contributed by atoms with Gasteiger partial charge >= 0.3 is 0 Å². The summed E-state index contributed by atoms with van der Waals surface area (Å²) in [5.74, 6) is 0.0396. The molecule has 2 aromatic heterocycles. The molecule has 0 aliphatic heterocycles. The molecule has 2 amide bonds. The lowest BCUT2D eigenvalue weighted by molar-refractivity contribution is -0.118. The van der Waals surface area contributed by atoms with Crippen LogP contribution in [-0.4, -0.2) is 46.9 Å². The summed E-state index contributed by atoms with van der Waals surface area (Å²) in [5, 5.41) is 5.90. The minimum absolute atomic E-state index is 0.0259. The maximum Gasteiger partial charge on any atom is 0.271 e. The van der Waals surface area contributed by atoms with E-state index in [1.54, 1.807) is 6.20 Å². The second-order valence-electron chi connectivity index (χ2n) is 6.21. The molecular formula is C17H24N8O2. The maximum atomic E-state index is 11.7. The molecule has 0 aromatic carbocycles. The van der Waals surface area contributed by atoms with E-state index in [1.165, 1.54) is 6.20 Å². The van der Waals surface area contributed by atoms with Crippen molar-refractivity contribution < 1.29 is 9.59 Å². The first kappa shape index (κ1) is 19.9.